The van der Waals surface area contributed by atoms with E-state index < -0.39 is 0 Å². The third kappa shape index (κ3) is 2.59. The Morgan fingerprint density at radius 2 is 2.31 bits per heavy atom. The van der Waals surface area contributed by atoms with Crippen molar-refractivity contribution in [2.45, 2.75) is 19.4 Å². The lowest BCUT2D eigenvalue weighted by molar-refractivity contribution is 0.591. The molecular weight excluding hydrogens is 222 g/mol. The van der Waals surface area contributed by atoms with E-state index in [2.05, 4.69) is 31.8 Å². The van der Waals surface area contributed by atoms with Gasteiger partial charge in [0.1, 0.15) is 0 Å². The van der Waals surface area contributed by atoms with Crippen molar-refractivity contribution in [1.82, 2.24) is 24.9 Å². The van der Waals surface area contributed by atoms with Crippen molar-refractivity contribution in [2.24, 2.45) is 0 Å². The fraction of sp³-hybridized carbons (Fsp3) is 0.400. The van der Waals surface area contributed by atoms with Crippen LogP contribution >= 0.6 is 11.5 Å². The lowest BCUT2D eigenvalue weighted by atomic mass is 10.2. The van der Waals surface area contributed by atoms with Gasteiger partial charge < -0.3 is 5.32 Å². The monoisotopic (exact) mass is 235 g/mol. The number of hydrogen-bond donors (Lipinski definition) is 1. The minimum Gasteiger partial charge on any atom is -0.304 e. The minimum atomic E-state index is 0.0497. The van der Waals surface area contributed by atoms with Crippen molar-refractivity contribution in [1.29, 1.82) is 0 Å². The molecule has 84 valence electrons. The Morgan fingerprint density at radius 1 is 1.38 bits per heavy atom. The summed E-state index contributed by atoms with van der Waals surface area (Å²) in [6.45, 7) is 3.06. The van der Waals surface area contributed by atoms with Gasteiger partial charge in [-0.15, -0.1) is 5.10 Å². The van der Waals surface area contributed by atoms with Crippen LogP contribution in [-0.4, -0.2) is 26.1 Å². The fourth-order valence-electron chi connectivity index (χ4n) is 1.40. The second kappa shape index (κ2) is 5.62. The molecule has 0 bridgehead atoms. The smallest absolute Gasteiger partial charge is 0.0893 e. The van der Waals surface area contributed by atoms with Gasteiger partial charge in [-0.25, -0.2) is 0 Å². The molecule has 0 saturated carbocycles. The molecule has 1 unspecified atom stereocenters. The van der Waals surface area contributed by atoms with Gasteiger partial charge in [0, 0.05) is 12.4 Å². The van der Waals surface area contributed by atoms with Crippen LogP contribution in [0.2, 0.25) is 0 Å². The van der Waals surface area contributed by atoms with Gasteiger partial charge in [0.05, 0.1) is 29.0 Å². The molecule has 5 nitrogen and oxygen atoms in total. The molecule has 0 aliphatic heterocycles. The van der Waals surface area contributed by atoms with Crippen molar-refractivity contribution in [3.8, 4) is 0 Å². The lowest BCUT2D eigenvalue weighted by Gasteiger charge is -2.14. The minimum absolute atomic E-state index is 0.0497. The zero-order valence-corrected chi connectivity index (χ0v) is 9.81. The fourth-order valence-corrected chi connectivity index (χ4v) is 1.99. The molecule has 0 amide bonds. The van der Waals surface area contributed by atoms with E-state index in [1.807, 2.05) is 0 Å². The Morgan fingerprint density at radius 3 is 2.94 bits per heavy atom. The van der Waals surface area contributed by atoms with E-state index in [-0.39, 0.29) is 6.04 Å². The largest absolute Gasteiger partial charge is 0.304 e. The SMILES string of the molecule is CCCNC(c1cnccn1)c1cnns1. The first-order valence-electron chi connectivity index (χ1n) is 5.18. The molecule has 6 heteroatoms. The maximum Gasteiger partial charge on any atom is 0.0893 e. The Labute approximate surface area is 98.1 Å². The highest BCUT2D eigenvalue weighted by molar-refractivity contribution is 7.05. The first-order chi connectivity index (χ1) is 7.92. The Balaban J connectivity index is 2.21. The lowest BCUT2D eigenvalue weighted by Crippen LogP contribution is -2.23. The molecule has 1 N–H and O–H groups in total. The first kappa shape index (κ1) is 11.1. The predicted molar refractivity (Wildman–Crippen MR) is 62.1 cm³/mol. The average Bonchev–Trinajstić information content (AvgIpc) is 2.85. The molecule has 0 aromatic carbocycles. The van der Waals surface area contributed by atoms with Gasteiger partial charge in [0.25, 0.3) is 0 Å². The standard InChI is InChI=1S/C10H13N5S/c1-2-3-13-10(9-7-14-15-16-9)8-6-11-4-5-12-8/h4-7,10,13H,2-3H2,1H3. The summed E-state index contributed by atoms with van der Waals surface area (Å²) >= 11 is 1.38. The molecule has 0 saturated heterocycles. The normalized spacial score (nSPS) is 12.6. The summed E-state index contributed by atoms with van der Waals surface area (Å²) in [5.74, 6) is 0. The maximum atomic E-state index is 4.31. The quantitative estimate of drug-likeness (QED) is 0.849. The van der Waals surface area contributed by atoms with Gasteiger partial charge in [-0.3, -0.25) is 9.97 Å². The summed E-state index contributed by atoms with van der Waals surface area (Å²) in [5, 5.41) is 7.27. The Kier molecular flexibility index (Phi) is 3.90. The van der Waals surface area contributed by atoms with Crippen LogP contribution in [0, 0.1) is 0 Å². The van der Waals surface area contributed by atoms with Crippen LogP contribution < -0.4 is 5.32 Å². The highest BCUT2D eigenvalue weighted by atomic mass is 32.1. The molecule has 2 rings (SSSR count). The van der Waals surface area contributed by atoms with Crippen LogP contribution in [0.3, 0.4) is 0 Å². The highest BCUT2D eigenvalue weighted by Gasteiger charge is 2.16. The van der Waals surface area contributed by atoms with E-state index in [1.165, 1.54) is 11.5 Å². The zero-order chi connectivity index (χ0) is 11.2. The second-order valence-corrected chi connectivity index (χ2v) is 4.15. The summed E-state index contributed by atoms with van der Waals surface area (Å²) in [7, 11) is 0. The summed E-state index contributed by atoms with van der Waals surface area (Å²) in [6, 6.07) is 0.0497. The summed E-state index contributed by atoms with van der Waals surface area (Å²) in [4.78, 5) is 9.46. The van der Waals surface area contributed by atoms with Gasteiger partial charge in [-0.2, -0.15) is 0 Å². The van der Waals surface area contributed by atoms with Gasteiger partial charge in [-0.1, -0.05) is 11.4 Å². The van der Waals surface area contributed by atoms with Crippen LogP contribution in [0.15, 0.2) is 24.8 Å². The number of aromatic nitrogens is 4. The van der Waals surface area contributed by atoms with Crippen molar-refractivity contribution < 1.29 is 0 Å². The number of rotatable bonds is 5. The first-order valence-corrected chi connectivity index (χ1v) is 5.95. The van der Waals surface area contributed by atoms with E-state index in [1.54, 1.807) is 24.8 Å². The van der Waals surface area contributed by atoms with E-state index in [9.17, 15) is 0 Å². The average molecular weight is 235 g/mol. The molecule has 0 fully saturated rings. The predicted octanol–water partition coefficient (Wildman–Crippen LogP) is 1.42. The summed E-state index contributed by atoms with van der Waals surface area (Å²) < 4.78 is 3.88. The van der Waals surface area contributed by atoms with Gasteiger partial charge in [-0.05, 0) is 24.5 Å². The van der Waals surface area contributed by atoms with Gasteiger partial charge >= 0.3 is 0 Å². The van der Waals surface area contributed by atoms with E-state index in [4.69, 9.17) is 0 Å². The number of hydrogen-bond acceptors (Lipinski definition) is 6. The van der Waals surface area contributed by atoms with Crippen molar-refractivity contribution in [2.75, 3.05) is 6.54 Å². The maximum absolute atomic E-state index is 4.31. The van der Waals surface area contributed by atoms with Crippen molar-refractivity contribution >= 4 is 11.5 Å². The number of nitrogens with zero attached hydrogens (tertiary/aromatic N) is 4. The Hall–Kier alpha value is -1.40. The Bertz CT molecular complexity index is 402. The summed E-state index contributed by atoms with van der Waals surface area (Å²) in [6.07, 6.45) is 7.98. The third-order valence-electron chi connectivity index (χ3n) is 2.14. The third-order valence-corrected chi connectivity index (χ3v) is 2.87. The number of nitrogens with one attached hydrogen (secondary N) is 1. The van der Waals surface area contributed by atoms with Crippen LogP contribution in [-0.2, 0) is 0 Å². The van der Waals surface area contributed by atoms with E-state index in [0.717, 1.165) is 23.5 Å². The molecule has 16 heavy (non-hydrogen) atoms. The molecule has 0 aliphatic carbocycles. The van der Waals surface area contributed by atoms with Crippen molar-refractivity contribution in [3.63, 3.8) is 0 Å². The molecule has 0 aliphatic rings. The van der Waals surface area contributed by atoms with Crippen LogP contribution in [0.4, 0.5) is 0 Å². The topological polar surface area (TPSA) is 63.6 Å². The summed E-state index contributed by atoms with van der Waals surface area (Å²) in [5.41, 5.74) is 0.905. The second-order valence-electron chi connectivity index (χ2n) is 3.34. The molecule has 2 aromatic rings. The molecular formula is C10H13N5S. The van der Waals surface area contributed by atoms with Crippen LogP contribution in [0.1, 0.15) is 30.0 Å². The van der Waals surface area contributed by atoms with Crippen molar-refractivity contribution in [3.05, 3.63) is 35.4 Å². The molecule has 0 radical (unpaired) electrons. The van der Waals surface area contributed by atoms with E-state index in [0.29, 0.717) is 0 Å². The molecule has 2 heterocycles. The van der Waals surface area contributed by atoms with Crippen LogP contribution in [0.25, 0.3) is 0 Å². The van der Waals surface area contributed by atoms with Crippen LogP contribution in [0.5, 0.6) is 0 Å². The molecule has 2 aromatic heterocycles. The molecule has 1 atom stereocenters. The molecule has 0 spiro atoms. The zero-order valence-electron chi connectivity index (χ0n) is 9.00. The van der Waals surface area contributed by atoms with Gasteiger partial charge in [0.15, 0.2) is 0 Å². The van der Waals surface area contributed by atoms with E-state index >= 15 is 0 Å². The highest BCUT2D eigenvalue weighted by Crippen LogP contribution is 2.21. The van der Waals surface area contributed by atoms with Gasteiger partial charge in [0.2, 0.25) is 0 Å².